The van der Waals surface area contributed by atoms with E-state index in [0.717, 1.165) is 22.9 Å². The molecule has 0 aliphatic rings. The van der Waals surface area contributed by atoms with Crippen LogP contribution in [0.1, 0.15) is 5.69 Å². The maximum absolute atomic E-state index is 4.15. The number of hydrogen-bond acceptors (Lipinski definition) is 3. The van der Waals surface area contributed by atoms with Crippen LogP contribution in [-0.2, 0) is 0 Å². The molecule has 2 N–H and O–H groups in total. The second-order valence-corrected chi connectivity index (χ2v) is 3.08. The van der Waals surface area contributed by atoms with E-state index in [1.165, 1.54) is 0 Å². The van der Waals surface area contributed by atoms with Crippen LogP contribution in [-0.4, -0.2) is 22.0 Å². The predicted molar refractivity (Wildman–Crippen MR) is 56.1 cm³/mol. The first-order chi connectivity index (χ1) is 6.79. The summed E-state index contributed by atoms with van der Waals surface area (Å²) in [6, 6.07) is 3.98. The number of rotatable bonds is 2. The third-order valence-electron chi connectivity index (χ3n) is 2.02. The molecular weight excluding hydrogens is 176 g/mol. The van der Waals surface area contributed by atoms with Crippen LogP contribution >= 0.6 is 0 Å². The molecular formula is C10H12N4. The van der Waals surface area contributed by atoms with E-state index in [4.69, 9.17) is 0 Å². The molecule has 4 heteroatoms. The number of pyridine rings is 1. The van der Waals surface area contributed by atoms with E-state index in [0.29, 0.717) is 0 Å². The van der Waals surface area contributed by atoms with Gasteiger partial charge in [-0.25, -0.2) is 4.98 Å². The molecule has 0 saturated carbocycles. The highest BCUT2D eigenvalue weighted by Gasteiger charge is 2.01. The smallest absolute Gasteiger partial charge is 0.200 e. The van der Waals surface area contributed by atoms with Crippen LogP contribution in [0.25, 0.3) is 11.3 Å². The molecule has 0 aliphatic heterocycles. The van der Waals surface area contributed by atoms with E-state index in [-0.39, 0.29) is 0 Å². The lowest BCUT2D eigenvalue weighted by Gasteiger charge is -1.97. The summed E-state index contributed by atoms with van der Waals surface area (Å²) in [6.45, 7) is 1.97. The average Bonchev–Trinajstić information content (AvgIpc) is 2.66. The quantitative estimate of drug-likeness (QED) is 0.755. The van der Waals surface area contributed by atoms with Gasteiger partial charge in [0.2, 0.25) is 0 Å². The van der Waals surface area contributed by atoms with E-state index in [2.05, 4.69) is 20.3 Å². The molecule has 0 unspecified atom stereocenters. The van der Waals surface area contributed by atoms with Gasteiger partial charge >= 0.3 is 0 Å². The lowest BCUT2D eigenvalue weighted by atomic mass is 10.2. The predicted octanol–water partition coefficient (Wildman–Crippen LogP) is 1.82. The maximum Gasteiger partial charge on any atom is 0.200 e. The standard InChI is InChI=1S/C10H12N4/c1-7-5-8(3-4-12-7)9-6-13-10(11-2)14-9/h3-6H,1-2H3,(H2,11,13,14). The summed E-state index contributed by atoms with van der Waals surface area (Å²) >= 11 is 0. The summed E-state index contributed by atoms with van der Waals surface area (Å²) in [5, 5.41) is 2.95. The Kier molecular flexibility index (Phi) is 2.18. The Labute approximate surface area is 82.4 Å². The van der Waals surface area contributed by atoms with Crippen LogP contribution in [0.4, 0.5) is 5.95 Å². The average molecular weight is 188 g/mol. The zero-order valence-electron chi connectivity index (χ0n) is 8.20. The number of imidazole rings is 1. The third-order valence-corrected chi connectivity index (χ3v) is 2.02. The van der Waals surface area contributed by atoms with E-state index >= 15 is 0 Å². The summed E-state index contributed by atoms with van der Waals surface area (Å²) in [6.07, 6.45) is 3.60. The minimum atomic E-state index is 0.773. The maximum atomic E-state index is 4.15. The fraction of sp³-hybridized carbons (Fsp3) is 0.200. The van der Waals surface area contributed by atoms with Crippen LogP contribution in [0.2, 0.25) is 0 Å². The molecule has 0 saturated heterocycles. The van der Waals surface area contributed by atoms with Gasteiger partial charge < -0.3 is 10.3 Å². The van der Waals surface area contributed by atoms with E-state index in [9.17, 15) is 0 Å². The minimum Gasteiger partial charge on any atom is -0.359 e. The monoisotopic (exact) mass is 188 g/mol. The molecule has 2 aromatic rings. The lowest BCUT2D eigenvalue weighted by Crippen LogP contribution is -1.89. The van der Waals surface area contributed by atoms with Gasteiger partial charge in [0.15, 0.2) is 5.95 Å². The molecule has 2 heterocycles. The van der Waals surface area contributed by atoms with Crippen LogP contribution < -0.4 is 5.32 Å². The van der Waals surface area contributed by atoms with Crippen molar-refractivity contribution in [1.82, 2.24) is 15.0 Å². The van der Waals surface area contributed by atoms with Crippen molar-refractivity contribution in [2.75, 3.05) is 12.4 Å². The number of aromatic nitrogens is 3. The van der Waals surface area contributed by atoms with Gasteiger partial charge in [-0.05, 0) is 19.1 Å². The molecule has 0 aliphatic carbocycles. The van der Waals surface area contributed by atoms with Gasteiger partial charge in [0, 0.05) is 24.5 Å². The van der Waals surface area contributed by atoms with E-state index in [1.54, 1.807) is 12.4 Å². The van der Waals surface area contributed by atoms with Crippen molar-refractivity contribution in [1.29, 1.82) is 0 Å². The fourth-order valence-corrected chi connectivity index (χ4v) is 1.31. The molecule has 0 radical (unpaired) electrons. The number of H-pyrrole nitrogens is 1. The van der Waals surface area contributed by atoms with Crippen LogP contribution in [0, 0.1) is 6.92 Å². The Hall–Kier alpha value is -1.84. The summed E-state index contributed by atoms with van der Waals surface area (Å²) in [5.41, 5.74) is 3.11. The first-order valence-corrected chi connectivity index (χ1v) is 4.45. The summed E-state index contributed by atoms with van der Waals surface area (Å²) in [7, 11) is 1.83. The van der Waals surface area contributed by atoms with Gasteiger partial charge in [0.1, 0.15) is 0 Å². The number of nitrogens with one attached hydrogen (secondary N) is 2. The first-order valence-electron chi connectivity index (χ1n) is 4.45. The summed E-state index contributed by atoms with van der Waals surface area (Å²) in [4.78, 5) is 11.5. The SMILES string of the molecule is CNc1ncc(-c2ccnc(C)c2)[nH]1. The number of aromatic amines is 1. The fourth-order valence-electron chi connectivity index (χ4n) is 1.31. The Morgan fingerprint density at radius 3 is 2.86 bits per heavy atom. The van der Waals surface area contributed by atoms with Crippen molar-refractivity contribution in [2.45, 2.75) is 6.92 Å². The molecule has 2 aromatic heterocycles. The van der Waals surface area contributed by atoms with Gasteiger partial charge in [0.25, 0.3) is 0 Å². The molecule has 0 aromatic carbocycles. The Morgan fingerprint density at radius 2 is 2.21 bits per heavy atom. The highest BCUT2D eigenvalue weighted by atomic mass is 15.1. The van der Waals surface area contributed by atoms with Crippen molar-refractivity contribution in [3.05, 3.63) is 30.2 Å². The summed E-state index contributed by atoms with van der Waals surface area (Å²) < 4.78 is 0. The van der Waals surface area contributed by atoms with Crippen molar-refractivity contribution >= 4 is 5.95 Å². The third kappa shape index (κ3) is 1.59. The molecule has 0 atom stereocenters. The van der Waals surface area contributed by atoms with Gasteiger partial charge in [-0.15, -0.1) is 0 Å². The molecule has 72 valence electrons. The molecule has 0 spiro atoms. The van der Waals surface area contributed by atoms with Crippen molar-refractivity contribution in [3.8, 4) is 11.3 Å². The van der Waals surface area contributed by atoms with Crippen LogP contribution in [0.3, 0.4) is 0 Å². The van der Waals surface area contributed by atoms with Gasteiger partial charge in [0.05, 0.1) is 11.9 Å². The highest BCUT2D eigenvalue weighted by molar-refractivity contribution is 5.60. The second-order valence-electron chi connectivity index (χ2n) is 3.08. The highest BCUT2D eigenvalue weighted by Crippen LogP contribution is 2.17. The van der Waals surface area contributed by atoms with Crippen LogP contribution in [0.5, 0.6) is 0 Å². The van der Waals surface area contributed by atoms with Gasteiger partial charge in [-0.1, -0.05) is 0 Å². The molecule has 0 amide bonds. The lowest BCUT2D eigenvalue weighted by molar-refractivity contribution is 1.20. The molecule has 14 heavy (non-hydrogen) atoms. The second kappa shape index (κ2) is 3.49. The van der Waals surface area contributed by atoms with Crippen molar-refractivity contribution in [2.24, 2.45) is 0 Å². The molecule has 0 bridgehead atoms. The van der Waals surface area contributed by atoms with E-state index in [1.807, 2.05) is 26.1 Å². The van der Waals surface area contributed by atoms with Crippen LogP contribution in [0.15, 0.2) is 24.5 Å². The Balaban J connectivity index is 2.39. The zero-order chi connectivity index (χ0) is 9.97. The topological polar surface area (TPSA) is 53.6 Å². The molecule has 4 nitrogen and oxygen atoms in total. The van der Waals surface area contributed by atoms with Crippen molar-refractivity contribution < 1.29 is 0 Å². The number of anilines is 1. The number of aryl methyl sites for hydroxylation is 1. The number of hydrogen-bond donors (Lipinski definition) is 2. The largest absolute Gasteiger partial charge is 0.359 e. The Bertz CT molecular complexity index is 433. The minimum absolute atomic E-state index is 0.773. The van der Waals surface area contributed by atoms with E-state index < -0.39 is 0 Å². The number of nitrogens with zero attached hydrogens (tertiary/aromatic N) is 2. The molecule has 0 fully saturated rings. The summed E-state index contributed by atoms with van der Waals surface area (Å²) in [5.74, 6) is 0.773. The normalized spacial score (nSPS) is 10.1. The Morgan fingerprint density at radius 1 is 1.36 bits per heavy atom. The molecule has 2 rings (SSSR count). The first kappa shape index (κ1) is 8.74. The van der Waals surface area contributed by atoms with Crippen molar-refractivity contribution in [3.63, 3.8) is 0 Å². The van der Waals surface area contributed by atoms with Gasteiger partial charge in [-0.2, -0.15) is 0 Å². The van der Waals surface area contributed by atoms with Gasteiger partial charge in [-0.3, -0.25) is 4.98 Å². The zero-order valence-corrected chi connectivity index (χ0v) is 8.20.